The molecular formula is C12H15N3O5. The molecule has 0 unspecified atom stereocenters. The second-order valence-electron chi connectivity index (χ2n) is 4.88. The number of nitrogens with two attached hydrogens (primary N) is 1. The van der Waals surface area contributed by atoms with Gasteiger partial charge in [-0.15, -0.1) is 0 Å². The largest absolute Gasteiger partial charge is 0.433 e. The monoisotopic (exact) mass is 281 g/mol. The molecule has 2 N–H and O–H groups in total. The van der Waals surface area contributed by atoms with Crippen LogP contribution in [0.1, 0.15) is 30.3 Å². The first-order valence-corrected chi connectivity index (χ1v) is 6.24. The molecule has 2 atom stereocenters. The topological polar surface area (TPSA) is 120 Å². The lowest BCUT2D eigenvalue weighted by molar-refractivity contribution is -0.402. The number of hydrogen-bond donors (Lipinski definition) is 1. The number of hydrogen-bond acceptors (Lipinski definition) is 5. The van der Waals surface area contributed by atoms with Crippen LogP contribution in [0.5, 0.6) is 0 Å². The summed E-state index contributed by atoms with van der Waals surface area (Å²) >= 11 is 0. The van der Waals surface area contributed by atoms with Gasteiger partial charge in [0.25, 0.3) is 5.91 Å². The van der Waals surface area contributed by atoms with E-state index >= 15 is 0 Å². The Balaban J connectivity index is 2.17. The summed E-state index contributed by atoms with van der Waals surface area (Å²) < 4.78 is 4.90. The number of carbonyl (C=O) groups excluding carboxylic acids is 2. The molecule has 1 aromatic rings. The van der Waals surface area contributed by atoms with E-state index in [2.05, 4.69) is 0 Å². The number of piperidine rings is 1. The number of nitro groups is 1. The molecule has 20 heavy (non-hydrogen) atoms. The van der Waals surface area contributed by atoms with Crippen LogP contribution in [0.2, 0.25) is 0 Å². The average Bonchev–Trinajstić information content (AvgIpc) is 2.88. The molecule has 0 radical (unpaired) electrons. The molecule has 8 heteroatoms. The highest BCUT2D eigenvalue weighted by Gasteiger charge is 2.33. The van der Waals surface area contributed by atoms with Crippen molar-refractivity contribution in [1.29, 1.82) is 0 Å². The molecule has 2 heterocycles. The van der Waals surface area contributed by atoms with Gasteiger partial charge in [-0.25, -0.2) is 0 Å². The van der Waals surface area contributed by atoms with Gasteiger partial charge in [0.2, 0.25) is 5.91 Å². The standard InChI is InChI=1S/C12H15N3O5/c1-7-2-3-8(11(13)16)6-14(7)12(17)9-4-5-10(20-9)15(18)19/h4-5,7-8H,2-3,6H2,1H3,(H2,13,16)/t7-,8+/m0/s1. The van der Waals surface area contributed by atoms with Gasteiger partial charge in [-0.3, -0.25) is 19.7 Å². The van der Waals surface area contributed by atoms with Crippen LogP contribution in [-0.2, 0) is 4.79 Å². The van der Waals surface area contributed by atoms with Crippen molar-refractivity contribution in [2.24, 2.45) is 11.7 Å². The third-order valence-electron chi connectivity index (χ3n) is 3.53. The van der Waals surface area contributed by atoms with E-state index < -0.39 is 22.6 Å². The zero-order valence-corrected chi connectivity index (χ0v) is 10.9. The SMILES string of the molecule is C[C@H]1CC[C@@H](C(N)=O)CN1C(=O)c1ccc([N+](=O)[O-])o1. The molecule has 1 aliphatic rings. The van der Waals surface area contributed by atoms with Crippen LogP contribution in [0.3, 0.4) is 0 Å². The molecule has 2 amide bonds. The van der Waals surface area contributed by atoms with E-state index in [4.69, 9.17) is 10.2 Å². The fraction of sp³-hybridized carbons (Fsp3) is 0.500. The first kappa shape index (κ1) is 14.0. The fourth-order valence-corrected chi connectivity index (χ4v) is 2.30. The van der Waals surface area contributed by atoms with Gasteiger partial charge in [0.1, 0.15) is 4.92 Å². The molecule has 0 bridgehead atoms. The number of furan rings is 1. The van der Waals surface area contributed by atoms with Gasteiger partial charge < -0.3 is 15.1 Å². The Morgan fingerprint density at radius 3 is 2.70 bits per heavy atom. The molecular weight excluding hydrogens is 266 g/mol. The zero-order chi connectivity index (χ0) is 14.9. The zero-order valence-electron chi connectivity index (χ0n) is 10.9. The van der Waals surface area contributed by atoms with Crippen LogP contribution in [0.15, 0.2) is 16.5 Å². The smallest absolute Gasteiger partial charge is 0.395 e. The van der Waals surface area contributed by atoms with Gasteiger partial charge in [0, 0.05) is 12.6 Å². The number of nitrogens with zero attached hydrogens (tertiary/aromatic N) is 2. The number of primary amides is 1. The minimum absolute atomic E-state index is 0.0674. The van der Waals surface area contributed by atoms with Crippen molar-refractivity contribution in [2.75, 3.05) is 6.54 Å². The highest BCUT2D eigenvalue weighted by Crippen LogP contribution is 2.25. The van der Waals surface area contributed by atoms with Crippen LogP contribution < -0.4 is 5.73 Å². The summed E-state index contributed by atoms with van der Waals surface area (Å²) in [7, 11) is 0. The molecule has 1 saturated heterocycles. The van der Waals surface area contributed by atoms with E-state index in [9.17, 15) is 19.7 Å². The lowest BCUT2D eigenvalue weighted by Crippen LogP contribution is -2.48. The van der Waals surface area contributed by atoms with E-state index in [1.54, 1.807) is 0 Å². The molecule has 1 aromatic heterocycles. The normalized spacial score (nSPS) is 22.6. The average molecular weight is 281 g/mol. The van der Waals surface area contributed by atoms with Gasteiger partial charge in [-0.2, -0.15) is 0 Å². The Morgan fingerprint density at radius 2 is 2.15 bits per heavy atom. The van der Waals surface area contributed by atoms with Crippen molar-refractivity contribution >= 4 is 17.7 Å². The Hall–Kier alpha value is -2.38. The first-order valence-electron chi connectivity index (χ1n) is 6.24. The quantitative estimate of drug-likeness (QED) is 0.652. The van der Waals surface area contributed by atoms with Crippen molar-refractivity contribution in [3.8, 4) is 0 Å². The Kier molecular flexibility index (Phi) is 3.73. The first-order chi connectivity index (χ1) is 9.40. The Bertz CT molecular complexity index is 553. The minimum Gasteiger partial charge on any atom is -0.395 e. The summed E-state index contributed by atoms with van der Waals surface area (Å²) in [6, 6.07) is 2.33. The molecule has 1 fully saturated rings. The van der Waals surface area contributed by atoms with Gasteiger partial charge >= 0.3 is 5.88 Å². The van der Waals surface area contributed by atoms with Crippen LogP contribution in [0, 0.1) is 16.0 Å². The van der Waals surface area contributed by atoms with Gasteiger partial charge in [0.05, 0.1) is 12.0 Å². The van der Waals surface area contributed by atoms with Crippen molar-refractivity contribution in [3.05, 3.63) is 28.0 Å². The summed E-state index contributed by atoms with van der Waals surface area (Å²) in [4.78, 5) is 34.8. The highest BCUT2D eigenvalue weighted by atomic mass is 16.6. The molecule has 0 aromatic carbocycles. The highest BCUT2D eigenvalue weighted by molar-refractivity contribution is 5.92. The lowest BCUT2D eigenvalue weighted by Gasteiger charge is -2.36. The molecule has 108 valence electrons. The third-order valence-corrected chi connectivity index (χ3v) is 3.53. The van der Waals surface area contributed by atoms with Crippen LogP contribution >= 0.6 is 0 Å². The maximum atomic E-state index is 12.3. The van der Waals surface area contributed by atoms with Crippen LogP contribution in [0.4, 0.5) is 5.88 Å². The summed E-state index contributed by atoms with van der Waals surface area (Å²) in [6.07, 6.45) is 1.29. The van der Waals surface area contributed by atoms with E-state index in [-0.39, 0.29) is 24.3 Å². The second kappa shape index (κ2) is 5.32. The van der Waals surface area contributed by atoms with Crippen molar-refractivity contribution in [2.45, 2.75) is 25.8 Å². The summed E-state index contributed by atoms with van der Waals surface area (Å²) in [5.74, 6) is -1.88. The van der Waals surface area contributed by atoms with E-state index in [1.165, 1.54) is 11.0 Å². The van der Waals surface area contributed by atoms with E-state index in [0.29, 0.717) is 12.8 Å². The molecule has 0 aliphatic carbocycles. The minimum atomic E-state index is -0.706. The van der Waals surface area contributed by atoms with Gasteiger partial charge in [0.15, 0.2) is 5.76 Å². The van der Waals surface area contributed by atoms with Crippen LogP contribution in [0.25, 0.3) is 0 Å². The van der Waals surface area contributed by atoms with Gasteiger partial charge in [-0.1, -0.05) is 0 Å². The Morgan fingerprint density at radius 1 is 1.45 bits per heavy atom. The van der Waals surface area contributed by atoms with E-state index in [1.807, 2.05) is 6.92 Å². The lowest BCUT2D eigenvalue weighted by atomic mass is 9.93. The van der Waals surface area contributed by atoms with E-state index in [0.717, 1.165) is 6.07 Å². The molecule has 0 saturated carbocycles. The maximum Gasteiger partial charge on any atom is 0.433 e. The van der Waals surface area contributed by atoms with Crippen molar-refractivity contribution in [3.63, 3.8) is 0 Å². The second-order valence-corrected chi connectivity index (χ2v) is 4.88. The molecule has 2 rings (SSSR count). The number of amides is 2. The molecule has 8 nitrogen and oxygen atoms in total. The summed E-state index contributed by atoms with van der Waals surface area (Å²) in [5.41, 5.74) is 5.27. The van der Waals surface area contributed by atoms with Crippen molar-refractivity contribution < 1.29 is 18.9 Å². The predicted octanol–water partition coefficient (Wildman–Crippen LogP) is 0.914. The van der Waals surface area contributed by atoms with Crippen molar-refractivity contribution in [1.82, 2.24) is 4.90 Å². The summed E-state index contributed by atoms with van der Waals surface area (Å²) in [5, 5.41) is 10.5. The Labute approximate surface area is 114 Å². The fourth-order valence-electron chi connectivity index (χ4n) is 2.30. The van der Waals surface area contributed by atoms with Crippen LogP contribution in [-0.4, -0.2) is 34.2 Å². The third kappa shape index (κ3) is 2.63. The number of rotatable bonds is 3. The molecule has 1 aliphatic heterocycles. The summed E-state index contributed by atoms with van der Waals surface area (Å²) in [6.45, 7) is 2.07. The number of likely N-dealkylation sites (tertiary alicyclic amines) is 1. The van der Waals surface area contributed by atoms with Gasteiger partial charge in [-0.05, 0) is 25.8 Å². The number of carbonyl (C=O) groups is 2. The molecule has 0 spiro atoms. The predicted molar refractivity (Wildman–Crippen MR) is 67.8 cm³/mol. The maximum absolute atomic E-state index is 12.3.